The van der Waals surface area contributed by atoms with Crippen molar-refractivity contribution >= 4 is 12.3 Å². The van der Waals surface area contributed by atoms with E-state index in [1.165, 1.54) is 0 Å². The molecule has 0 spiro atoms. The molecule has 0 saturated carbocycles. The number of nitrogens with one attached hydrogen (secondary N) is 1. The number of carbonyl (C=O) groups excluding carboxylic acids is 1. The van der Waals surface area contributed by atoms with Crippen molar-refractivity contribution in [2.75, 3.05) is 119 Å². The Balaban J connectivity index is 1.98. The lowest BCUT2D eigenvalue weighted by Gasteiger charge is -2.20. The average Bonchev–Trinajstić information content (AvgIpc) is 2.99. The van der Waals surface area contributed by atoms with Gasteiger partial charge >= 0.3 is 5.97 Å². The lowest BCUT2D eigenvalue weighted by atomic mass is 10.1. The van der Waals surface area contributed by atoms with Crippen LogP contribution in [-0.4, -0.2) is 152 Å². The van der Waals surface area contributed by atoms with Crippen LogP contribution in [0.3, 0.4) is 0 Å². The molecule has 0 heterocycles. The standard InChI is InChI=1S/C29H50N2O11/c1-2-31(9-10-32)8-7-30-28(29(34)35)25-26-3-5-27(6-4-26)42-24-23-41-22-21-40-20-19-39-18-17-38-16-15-37-14-13-36-12-11-33/h3-6,10,28,30,33H,2,7-9,11-25H2,1H3,(H,34,35). The van der Waals surface area contributed by atoms with Crippen molar-refractivity contribution in [3.05, 3.63) is 29.8 Å². The number of carbonyl (C=O) groups is 2. The van der Waals surface area contributed by atoms with Crippen LogP contribution in [0.25, 0.3) is 0 Å². The van der Waals surface area contributed by atoms with Gasteiger partial charge in [-0.1, -0.05) is 19.1 Å². The molecule has 0 amide bonds. The van der Waals surface area contributed by atoms with E-state index in [0.29, 0.717) is 118 Å². The number of rotatable bonds is 31. The summed E-state index contributed by atoms with van der Waals surface area (Å²) in [6, 6.07) is 6.63. The number of aliphatic hydroxyl groups excluding tert-OH is 1. The van der Waals surface area contributed by atoms with Gasteiger partial charge in [0, 0.05) is 13.1 Å². The van der Waals surface area contributed by atoms with Crippen LogP contribution >= 0.6 is 0 Å². The van der Waals surface area contributed by atoms with Gasteiger partial charge in [0.1, 0.15) is 24.7 Å². The van der Waals surface area contributed by atoms with Crippen molar-refractivity contribution in [2.45, 2.75) is 19.4 Å². The molecule has 1 aromatic carbocycles. The predicted octanol–water partition coefficient (Wildman–Crippen LogP) is 0.263. The van der Waals surface area contributed by atoms with Crippen LogP contribution in [-0.2, 0) is 44.4 Å². The fraction of sp³-hybridized carbons (Fsp3) is 0.724. The molecular formula is C29H50N2O11. The van der Waals surface area contributed by atoms with Crippen LogP contribution in [0.4, 0.5) is 0 Å². The normalized spacial score (nSPS) is 12.1. The number of aliphatic carboxylic acids is 1. The second kappa shape index (κ2) is 27.6. The molecule has 0 bridgehead atoms. The van der Waals surface area contributed by atoms with E-state index in [-0.39, 0.29) is 6.61 Å². The van der Waals surface area contributed by atoms with E-state index in [0.717, 1.165) is 18.4 Å². The van der Waals surface area contributed by atoms with Gasteiger partial charge in [-0.3, -0.25) is 9.69 Å². The fourth-order valence-electron chi connectivity index (χ4n) is 3.57. The van der Waals surface area contributed by atoms with Crippen molar-refractivity contribution in [1.29, 1.82) is 0 Å². The minimum absolute atomic E-state index is 0.0155. The minimum Gasteiger partial charge on any atom is -0.491 e. The van der Waals surface area contributed by atoms with Gasteiger partial charge in [0.2, 0.25) is 0 Å². The van der Waals surface area contributed by atoms with Crippen molar-refractivity contribution in [1.82, 2.24) is 10.2 Å². The first-order chi connectivity index (χ1) is 20.6. The highest BCUT2D eigenvalue weighted by molar-refractivity contribution is 5.73. The quantitative estimate of drug-likeness (QED) is 0.0787. The van der Waals surface area contributed by atoms with E-state index in [1.54, 1.807) is 0 Å². The zero-order chi connectivity index (χ0) is 30.5. The van der Waals surface area contributed by atoms with Gasteiger partial charge in [0.15, 0.2) is 0 Å². The van der Waals surface area contributed by atoms with Gasteiger partial charge in [0.05, 0.1) is 92.4 Å². The summed E-state index contributed by atoms with van der Waals surface area (Å²) < 4.78 is 37.9. The maximum atomic E-state index is 11.6. The maximum Gasteiger partial charge on any atom is 0.321 e. The van der Waals surface area contributed by atoms with E-state index < -0.39 is 12.0 Å². The molecule has 1 rings (SSSR count). The van der Waals surface area contributed by atoms with Crippen molar-refractivity contribution in [3.8, 4) is 5.75 Å². The second-order valence-corrected chi connectivity index (χ2v) is 9.00. The van der Waals surface area contributed by atoms with E-state index in [4.69, 9.17) is 38.3 Å². The number of benzene rings is 1. The predicted molar refractivity (Wildman–Crippen MR) is 155 cm³/mol. The Morgan fingerprint density at radius 1 is 0.810 bits per heavy atom. The smallest absolute Gasteiger partial charge is 0.321 e. The third-order valence-electron chi connectivity index (χ3n) is 5.85. The number of ether oxygens (including phenoxy) is 7. The van der Waals surface area contributed by atoms with E-state index in [1.807, 2.05) is 36.1 Å². The molecule has 13 heteroatoms. The molecule has 0 aromatic heterocycles. The third kappa shape index (κ3) is 21.5. The van der Waals surface area contributed by atoms with Gasteiger partial charge in [-0.25, -0.2) is 0 Å². The van der Waals surface area contributed by atoms with Gasteiger partial charge in [-0.2, -0.15) is 0 Å². The highest BCUT2D eigenvalue weighted by atomic mass is 16.6. The lowest BCUT2D eigenvalue weighted by Crippen LogP contribution is -2.43. The molecule has 1 unspecified atom stereocenters. The Morgan fingerprint density at radius 3 is 1.71 bits per heavy atom. The number of hydrogen-bond acceptors (Lipinski definition) is 12. The summed E-state index contributed by atoms with van der Waals surface area (Å²) in [6.45, 7) is 10.00. The topological polar surface area (TPSA) is 154 Å². The molecule has 1 aromatic rings. The molecule has 0 saturated heterocycles. The number of carboxylic acids is 1. The minimum atomic E-state index is -0.913. The molecule has 0 aliphatic carbocycles. The summed E-state index contributed by atoms with van der Waals surface area (Å²) in [5.41, 5.74) is 0.884. The van der Waals surface area contributed by atoms with Crippen LogP contribution in [0, 0.1) is 0 Å². The van der Waals surface area contributed by atoms with E-state index >= 15 is 0 Å². The molecule has 0 aliphatic heterocycles. The molecule has 242 valence electrons. The Bertz CT molecular complexity index is 770. The first-order valence-electron chi connectivity index (χ1n) is 14.5. The Labute approximate surface area is 249 Å². The van der Waals surface area contributed by atoms with Crippen molar-refractivity contribution in [3.63, 3.8) is 0 Å². The molecule has 0 radical (unpaired) electrons. The molecule has 42 heavy (non-hydrogen) atoms. The molecule has 3 N–H and O–H groups in total. The Morgan fingerprint density at radius 2 is 1.29 bits per heavy atom. The van der Waals surface area contributed by atoms with E-state index in [2.05, 4.69) is 5.32 Å². The lowest BCUT2D eigenvalue weighted by molar-refractivity contribution is -0.139. The highest BCUT2D eigenvalue weighted by Gasteiger charge is 2.17. The molecule has 13 nitrogen and oxygen atoms in total. The van der Waals surface area contributed by atoms with Crippen LogP contribution in [0.15, 0.2) is 24.3 Å². The molecular weight excluding hydrogens is 552 g/mol. The van der Waals surface area contributed by atoms with Crippen LogP contribution < -0.4 is 10.1 Å². The number of carboxylic acid groups (broad SMARTS) is 1. The fourth-order valence-corrected chi connectivity index (χ4v) is 3.57. The Hall–Kier alpha value is -2.20. The summed E-state index contributed by atoms with van der Waals surface area (Å²) in [7, 11) is 0. The monoisotopic (exact) mass is 602 g/mol. The number of aldehydes is 1. The zero-order valence-corrected chi connectivity index (χ0v) is 24.9. The summed E-state index contributed by atoms with van der Waals surface area (Å²) >= 11 is 0. The largest absolute Gasteiger partial charge is 0.491 e. The molecule has 0 fully saturated rings. The molecule has 1 atom stereocenters. The van der Waals surface area contributed by atoms with Gasteiger partial charge in [-0.15, -0.1) is 0 Å². The first kappa shape index (κ1) is 37.8. The number of aliphatic hydroxyl groups is 1. The van der Waals surface area contributed by atoms with Crippen molar-refractivity contribution < 1.29 is 53.0 Å². The number of nitrogens with zero attached hydrogens (tertiary/aromatic N) is 1. The van der Waals surface area contributed by atoms with Gasteiger partial charge in [0.25, 0.3) is 0 Å². The summed E-state index contributed by atoms with van der Waals surface area (Å²) in [5, 5.41) is 21.2. The highest BCUT2D eigenvalue weighted by Crippen LogP contribution is 2.13. The van der Waals surface area contributed by atoms with E-state index in [9.17, 15) is 14.7 Å². The van der Waals surface area contributed by atoms with Crippen molar-refractivity contribution in [2.24, 2.45) is 0 Å². The number of likely N-dealkylation sites (N-methyl/N-ethyl adjacent to an activating group) is 1. The summed E-state index contributed by atoms with van der Waals surface area (Å²) in [6.07, 6.45) is 1.19. The van der Waals surface area contributed by atoms with Crippen LogP contribution in [0.5, 0.6) is 5.75 Å². The Kier molecular flexibility index (Phi) is 24.9. The number of hydrogen-bond donors (Lipinski definition) is 3. The second-order valence-electron chi connectivity index (χ2n) is 9.00. The van der Waals surface area contributed by atoms with Crippen LogP contribution in [0.2, 0.25) is 0 Å². The third-order valence-corrected chi connectivity index (χ3v) is 5.85. The SMILES string of the molecule is CCN(CC=O)CCNC(Cc1ccc(OCCOCCOCCOCCOCCOCCOCCO)cc1)C(=O)O. The maximum absolute atomic E-state index is 11.6. The zero-order valence-electron chi connectivity index (χ0n) is 24.9. The average molecular weight is 603 g/mol. The summed E-state index contributed by atoms with van der Waals surface area (Å²) in [4.78, 5) is 24.3. The van der Waals surface area contributed by atoms with Gasteiger partial charge < -0.3 is 53.5 Å². The van der Waals surface area contributed by atoms with Gasteiger partial charge in [-0.05, 0) is 30.7 Å². The molecule has 0 aliphatic rings. The first-order valence-corrected chi connectivity index (χ1v) is 14.5. The van der Waals surface area contributed by atoms with Crippen LogP contribution in [0.1, 0.15) is 12.5 Å². The summed E-state index contributed by atoms with van der Waals surface area (Å²) in [5.74, 6) is -0.229.